The number of thioether (sulfide) groups is 1. The molecule has 9 nitrogen and oxygen atoms in total. The molecular formula is C21H30N6O3S2. The fraction of sp³-hybridized carbons (Fsp3) is 0.619. The molecule has 32 heavy (non-hydrogen) atoms. The van der Waals surface area contributed by atoms with Gasteiger partial charge in [0.25, 0.3) is 0 Å². The van der Waals surface area contributed by atoms with Crippen molar-refractivity contribution in [2.75, 3.05) is 43.4 Å². The van der Waals surface area contributed by atoms with Crippen LogP contribution >= 0.6 is 11.8 Å². The van der Waals surface area contributed by atoms with Crippen molar-refractivity contribution in [1.29, 1.82) is 0 Å². The minimum absolute atomic E-state index is 0.0538. The molecule has 0 saturated carbocycles. The third-order valence-corrected chi connectivity index (χ3v) is 8.81. The zero-order chi connectivity index (χ0) is 22.6. The third kappa shape index (κ3) is 5.68. The maximum absolute atomic E-state index is 12.7. The van der Waals surface area contributed by atoms with Crippen LogP contribution in [0.2, 0.25) is 0 Å². The van der Waals surface area contributed by atoms with E-state index in [1.807, 2.05) is 17.0 Å². The van der Waals surface area contributed by atoms with Gasteiger partial charge in [-0.2, -0.15) is 4.68 Å². The number of aromatic nitrogens is 4. The van der Waals surface area contributed by atoms with Gasteiger partial charge in [0.05, 0.1) is 22.9 Å². The highest BCUT2D eigenvalue weighted by Crippen LogP contribution is 2.22. The second-order valence-corrected chi connectivity index (χ2v) is 11.6. The quantitative estimate of drug-likeness (QED) is 0.525. The van der Waals surface area contributed by atoms with Crippen LogP contribution in [0.4, 0.5) is 0 Å². The Morgan fingerprint density at radius 1 is 1.16 bits per heavy atom. The second kappa shape index (κ2) is 10.3. The smallest absolute Gasteiger partial charge is 0.233 e. The highest BCUT2D eigenvalue weighted by Gasteiger charge is 2.34. The average molecular weight is 479 g/mol. The van der Waals surface area contributed by atoms with Gasteiger partial charge in [0.1, 0.15) is 0 Å². The minimum Gasteiger partial charge on any atom is -0.339 e. The molecule has 1 aromatic carbocycles. The minimum atomic E-state index is -2.89. The fourth-order valence-electron chi connectivity index (χ4n) is 4.23. The molecule has 174 valence electrons. The molecule has 1 amide bonds. The average Bonchev–Trinajstić information content (AvgIpc) is 3.42. The van der Waals surface area contributed by atoms with Gasteiger partial charge >= 0.3 is 0 Å². The first-order valence-electron chi connectivity index (χ1n) is 11.2. The Bertz CT molecular complexity index is 1020. The molecule has 2 aliphatic heterocycles. The lowest BCUT2D eigenvalue weighted by Crippen LogP contribution is -2.52. The zero-order valence-electron chi connectivity index (χ0n) is 18.4. The molecule has 0 bridgehead atoms. The molecule has 11 heteroatoms. The predicted octanol–water partition coefficient (Wildman–Crippen LogP) is 1.43. The largest absolute Gasteiger partial charge is 0.339 e. The number of carbonyl (C=O) groups is 1. The van der Waals surface area contributed by atoms with Gasteiger partial charge in [-0.05, 0) is 47.4 Å². The summed E-state index contributed by atoms with van der Waals surface area (Å²) in [5, 5.41) is 12.6. The van der Waals surface area contributed by atoms with Gasteiger partial charge in [0.15, 0.2) is 9.84 Å². The predicted molar refractivity (Wildman–Crippen MR) is 124 cm³/mol. The van der Waals surface area contributed by atoms with Gasteiger partial charge in [-0.3, -0.25) is 9.69 Å². The zero-order valence-corrected chi connectivity index (χ0v) is 20.0. The van der Waals surface area contributed by atoms with Crippen molar-refractivity contribution in [2.45, 2.75) is 43.8 Å². The number of rotatable bonds is 8. The molecule has 3 heterocycles. The molecule has 0 spiro atoms. The van der Waals surface area contributed by atoms with Crippen molar-refractivity contribution in [3.05, 3.63) is 29.8 Å². The van der Waals surface area contributed by atoms with Crippen molar-refractivity contribution in [1.82, 2.24) is 30.0 Å². The van der Waals surface area contributed by atoms with Crippen LogP contribution in [0.5, 0.6) is 0 Å². The van der Waals surface area contributed by atoms with E-state index >= 15 is 0 Å². The first-order valence-corrected chi connectivity index (χ1v) is 14.0. The van der Waals surface area contributed by atoms with Gasteiger partial charge in [-0.1, -0.05) is 37.2 Å². The molecular weight excluding hydrogens is 448 g/mol. The van der Waals surface area contributed by atoms with Crippen LogP contribution in [0.1, 0.15) is 31.7 Å². The van der Waals surface area contributed by atoms with Crippen LogP contribution < -0.4 is 0 Å². The number of hydrogen-bond donors (Lipinski definition) is 0. The van der Waals surface area contributed by atoms with Gasteiger partial charge in [-0.15, -0.1) is 5.10 Å². The molecule has 1 aromatic heterocycles. The second-order valence-electron chi connectivity index (χ2n) is 8.41. The van der Waals surface area contributed by atoms with E-state index in [1.54, 1.807) is 4.68 Å². The number of piperazine rings is 1. The van der Waals surface area contributed by atoms with Crippen LogP contribution in [0.3, 0.4) is 0 Å². The Kier molecular flexibility index (Phi) is 7.47. The van der Waals surface area contributed by atoms with Crippen LogP contribution in [-0.4, -0.2) is 93.8 Å². The number of nitrogens with zero attached hydrogens (tertiary/aromatic N) is 6. The molecule has 1 atom stereocenters. The maximum Gasteiger partial charge on any atom is 0.233 e. The van der Waals surface area contributed by atoms with Gasteiger partial charge in [0, 0.05) is 32.2 Å². The number of hydrogen-bond acceptors (Lipinski definition) is 8. The number of unbranched alkanes of at least 4 members (excludes halogenated alkanes) is 1. The summed E-state index contributed by atoms with van der Waals surface area (Å²) in [6.45, 7) is 4.88. The van der Waals surface area contributed by atoms with Gasteiger partial charge in [-0.25, -0.2) is 8.42 Å². The van der Waals surface area contributed by atoms with E-state index in [-0.39, 0.29) is 29.2 Å². The summed E-state index contributed by atoms with van der Waals surface area (Å²) >= 11 is 1.34. The number of sulfone groups is 1. The Morgan fingerprint density at radius 2 is 1.91 bits per heavy atom. The molecule has 0 radical (unpaired) electrons. The lowest BCUT2D eigenvalue weighted by Gasteiger charge is -2.37. The highest BCUT2D eigenvalue weighted by molar-refractivity contribution is 7.99. The van der Waals surface area contributed by atoms with Crippen molar-refractivity contribution >= 4 is 27.5 Å². The Labute approximate surface area is 193 Å². The van der Waals surface area contributed by atoms with Crippen LogP contribution in [0.25, 0.3) is 5.69 Å². The lowest BCUT2D eigenvalue weighted by atomic mass is 10.1. The van der Waals surface area contributed by atoms with Gasteiger partial charge < -0.3 is 4.90 Å². The molecule has 2 aromatic rings. The van der Waals surface area contributed by atoms with E-state index in [9.17, 15) is 13.2 Å². The first kappa shape index (κ1) is 23.2. The van der Waals surface area contributed by atoms with Crippen LogP contribution in [-0.2, 0) is 21.1 Å². The van der Waals surface area contributed by atoms with Gasteiger partial charge in [0.2, 0.25) is 11.1 Å². The number of benzene rings is 1. The Balaban J connectivity index is 1.28. The van der Waals surface area contributed by atoms with E-state index in [0.29, 0.717) is 24.7 Å². The lowest BCUT2D eigenvalue weighted by molar-refractivity contribution is -0.130. The topological polar surface area (TPSA) is 101 Å². The summed E-state index contributed by atoms with van der Waals surface area (Å²) in [7, 11) is -2.89. The fourth-order valence-corrected chi connectivity index (χ4v) is 6.79. The molecule has 2 saturated heterocycles. The Morgan fingerprint density at radius 3 is 2.56 bits per heavy atom. The number of carbonyl (C=O) groups excluding carboxylic acids is 1. The van der Waals surface area contributed by atoms with Crippen molar-refractivity contribution in [2.24, 2.45) is 0 Å². The summed E-state index contributed by atoms with van der Waals surface area (Å²) in [5.74, 6) is 0.855. The normalized spacial score (nSPS) is 21.2. The van der Waals surface area contributed by atoms with Crippen molar-refractivity contribution in [3.63, 3.8) is 0 Å². The number of tetrazole rings is 1. The molecule has 2 aliphatic rings. The van der Waals surface area contributed by atoms with E-state index < -0.39 is 9.84 Å². The number of amides is 1. The third-order valence-electron chi connectivity index (χ3n) is 6.16. The van der Waals surface area contributed by atoms with Crippen LogP contribution in [0.15, 0.2) is 29.4 Å². The molecule has 0 aliphatic carbocycles. The summed E-state index contributed by atoms with van der Waals surface area (Å²) < 4.78 is 25.1. The van der Waals surface area contributed by atoms with E-state index in [0.717, 1.165) is 25.2 Å². The van der Waals surface area contributed by atoms with Crippen molar-refractivity contribution in [3.8, 4) is 5.69 Å². The van der Waals surface area contributed by atoms with E-state index in [1.165, 1.54) is 30.2 Å². The standard InChI is InChI=1S/C21H30N6O3S2/c1-2-3-4-17-5-7-18(8-6-17)27-21(22-23-24-27)31-15-20(28)26-12-10-25(11-13-26)19-9-14-32(29,30)16-19/h5-8,19H,2-4,9-16H2,1H3. The molecule has 2 fully saturated rings. The summed E-state index contributed by atoms with van der Waals surface area (Å²) in [5.41, 5.74) is 2.17. The first-order chi connectivity index (χ1) is 15.4. The number of aryl methyl sites for hydroxylation is 1. The van der Waals surface area contributed by atoms with Crippen LogP contribution in [0, 0.1) is 0 Å². The SMILES string of the molecule is CCCCc1ccc(-n2nnnc2SCC(=O)N2CCN(C3CCS(=O)(=O)C3)CC2)cc1. The summed E-state index contributed by atoms with van der Waals surface area (Å²) in [6.07, 6.45) is 4.10. The van der Waals surface area contributed by atoms with Crippen molar-refractivity contribution < 1.29 is 13.2 Å². The summed E-state index contributed by atoms with van der Waals surface area (Å²) in [6, 6.07) is 8.32. The van der Waals surface area contributed by atoms with E-state index in [2.05, 4.69) is 39.5 Å². The maximum atomic E-state index is 12.7. The molecule has 4 rings (SSSR count). The highest BCUT2D eigenvalue weighted by atomic mass is 32.2. The van der Waals surface area contributed by atoms with E-state index in [4.69, 9.17) is 0 Å². The molecule has 0 N–H and O–H groups in total. The Hall–Kier alpha value is -1.98. The molecule has 1 unspecified atom stereocenters. The summed E-state index contributed by atoms with van der Waals surface area (Å²) in [4.78, 5) is 16.8. The monoisotopic (exact) mass is 478 g/mol.